The summed E-state index contributed by atoms with van der Waals surface area (Å²) in [6.07, 6.45) is -2.74. The molecule has 1 nitrogen and oxygen atoms in total. The Kier molecular flexibility index (Phi) is 4.27. The van der Waals surface area contributed by atoms with E-state index in [4.69, 9.17) is 11.6 Å². The summed E-state index contributed by atoms with van der Waals surface area (Å²) in [5.74, 6) is -2.04. The van der Waals surface area contributed by atoms with E-state index in [0.29, 0.717) is 10.6 Å². The second-order valence-electron chi connectivity index (χ2n) is 4.09. The van der Waals surface area contributed by atoms with Crippen molar-refractivity contribution in [2.45, 2.75) is 12.3 Å². The van der Waals surface area contributed by atoms with Gasteiger partial charge in [-0.2, -0.15) is 0 Å². The summed E-state index contributed by atoms with van der Waals surface area (Å²) in [7, 11) is 0. The molecule has 98 valence electrons. The summed E-state index contributed by atoms with van der Waals surface area (Å²) < 4.78 is 26.3. The molecule has 0 bridgehead atoms. The zero-order valence-electron chi connectivity index (χ0n) is 9.89. The van der Waals surface area contributed by atoms with Gasteiger partial charge in [-0.1, -0.05) is 41.9 Å². The molecule has 0 fully saturated rings. The van der Waals surface area contributed by atoms with Crippen molar-refractivity contribution in [2.24, 2.45) is 0 Å². The standard InChI is InChI=1S/C15H11ClF2O/c16-12-8-6-11(7-9-12)14(19)13(15(17)18)10-4-2-1-3-5-10/h1-9,13,15H. The second kappa shape index (κ2) is 5.93. The molecule has 0 saturated heterocycles. The molecule has 19 heavy (non-hydrogen) atoms. The highest BCUT2D eigenvalue weighted by molar-refractivity contribution is 6.30. The van der Waals surface area contributed by atoms with Crippen LogP contribution in [0.5, 0.6) is 0 Å². The highest BCUT2D eigenvalue weighted by Crippen LogP contribution is 2.27. The van der Waals surface area contributed by atoms with E-state index in [1.54, 1.807) is 18.2 Å². The molecule has 0 N–H and O–H groups in total. The number of alkyl halides is 2. The van der Waals surface area contributed by atoms with Crippen LogP contribution in [0.2, 0.25) is 5.02 Å². The zero-order valence-corrected chi connectivity index (χ0v) is 10.6. The van der Waals surface area contributed by atoms with Crippen LogP contribution in [0.4, 0.5) is 8.78 Å². The molecular formula is C15H11ClF2O. The van der Waals surface area contributed by atoms with Crippen molar-refractivity contribution in [1.29, 1.82) is 0 Å². The molecule has 0 aromatic heterocycles. The van der Waals surface area contributed by atoms with E-state index < -0.39 is 18.1 Å². The summed E-state index contributed by atoms with van der Waals surface area (Å²) >= 11 is 5.72. The van der Waals surface area contributed by atoms with E-state index in [1.807, 2.05) is 0 Å². The fourth-order valence-corrected chi connectivity index (χ4v) is 1.99. The summed E-state index contributed by atoms with van der Waals surface area (Å²) in [5.41, 5.74) is 0.552. The lowest BCUT2D eigenvalue weighted by atomic mass is 9.91. The molecule has 0 amide bonds. The number of hydrogen-bond donors (Lipinski definition) is 0. The minimum atomic E-state index is -2.74. The van der Waals surface area contributed by atoms with Crippen LogP contribution in [0.15, 0.2) is 54.6 Å². The van der Waals surface area contributed by atoms with Crippen LogP contribution in [0.1, 0.15) is 21.8 Å². The van der Waals surface area contributed by atoms with Crippen LogP contribution < -0.4 is 0 Å². The quantitative estimate of drug-likeness (QED) is 0.750. The Balaban J connectivity index is 2.35. The lowest BCUT2D eigenvalue weighted by Crippen LogP contribution is -2.20. The summed E-state index contributed by atoms with van der Waals surface area (Å²) in [4.78, 5) is 12.2. The van der Waals surface area contributed by atoms with Gasteiger partial charge in [0.05, 0.1) is 0 Å². The molecule has 2 aromatic carbocycles. The number of carbonyl (C=O) groups excluding carboxylic acids is 1. The van der Waals surface area contributed by atoms with E-state index in [1.165, 1.54) is 36.4 Å². The van der Waals surface area contributed by atoms with Crippen molar-refractivity contribution >= 4 is 17.4 Å². The van der Waals surface area contributed by atoms with Gasteiger partial charge in [-0.25, -0.2) is 8.78 Å². The Bertz CT molecular complexity index is 552. The Morgan fingerprint density at radius 2 is 1.53 bits per heavy atom. The second-order valence-corrected chi connectivity index (χ2v) is 4.53. The van der Waals surface area contributed by atoms with E-state index in [2.05, 4.69) is 0 Å². The fourth-order valence-electron chi connectivity index (χ4n) is 1.87. The predicted octanol–water partition coefficient (Wildman–Crippen LogP) is 4.57. The lowest BCUT2D eigenvalue weighted by Gasteiger charge is -2.15. The minimum Gasteiger partial charge on any atom is -0.293 e. The maximum absolute atomic E-state index is 13.2. The van der Waals surface area contributed by atoms with Gasteiger partial charge in [0.25, 0.3) is 6.43 Å². The number of carbonyl (C=O) groups is 1. The predicted molar refractivity (Wildman–Crippen MR) is 71.0 cm³/mol. The van der Waals surface area contributed by atoms with Gasteiger partial charge in [-0.15, -0.1) is 0 Å². The van der Waals surface area contributed by atoms with Crippen molar-refractivity contribution in [2.75, 3.05) is 0 Å². The molecule has 2 rings (SSSR count). The zero-order chi connectivity index (χ0) is 13.8. The van der Waals surface area contributed by atoms with Gasteiger partial charge in [0.1, 0.15) is 5.92 Å². The molecule has 0 aliphatic carbocycles. The molecule has 1 atom stereocenters. The first-order valence-corrected chi connectivity index (χ1v) is 6.10. The smallest absolute Gasteiger partial charge is 0.252 e. The molecular weight excluding hydrogens is 270 g/mol. The SMILES string of the molecule is O=C(c1ccc(Cl)cc1)C(c1ccccc1)C(F)F. The average molecular weight is 281 g/mol. The van der Waals surface area contributed by atoms with Crippen LogP contribution >= 0.6 is 11.6 Å². The largest absolute Gasteiger partial charge is 0.293 e. The molecule has 0 saturated carbocycles. The van der Waals surface area contributed by atoms with Gasteiger partial charge in [-0.3, -0.25) is 4.79 Å². The first-order chi connectivity index (χ1) is 9.09. The van der Waals surface area contributed by atoms with Gasteiger partial charge >= 0.3 is 0 Å². The molecule has 0 aliphatic rings. The van der Waals surface area contributed by atoms with Gasteiger partial charge in [-0.05, 0) is 29.8 Å². The number of benzene rings is 2. The van der Waals surface area contributed by atoms with Crippen LogP contribution in [-0.4, -0.2) is 12.2 Å². The minimum absolute atomic E-state index is 0.235. The first kappa shape index (κ1) is 13.7. The molecule has 0 aliphatic heterocycles. The van der Waals surface area contributed by atoms with Crippen LogP contribution in [0.25, 0.3) is 0 Å². The number of halogens is 3. The number of rotatable bonds is 4. The Morgan fingerprint density at radius 1 is 0.947 bits per heavy atom. The number of hydrogen-bond acceptors (Lipinski definition) is 1. The monoisotopic (exact) mass is 280 g/mol. The fraction of sp³-hybridized carbons (Fsp3) is 0.133. The van der Waals surface area contributed by atoms with E-state index in [9.17, 15) is 13.6 Å². The first-order valence-electron chi connectivity index (χ1n) is 5.72. The Morgan fingerprint density at radius 3 is 2.05 bits per heavy atom. The molecule has 2 aromatic rings. The van der Waals surface area contributed by atoms with Gasteiger partial charge < -0.3 is 0 Å². The summed E-state index contributed by atoms with van der Waals surface area (Å²) in [5, 5.41) is 0.463. The van der Waals surface area contributed by atoms with Gasteiger partial charge in [0.15, 0.2) is 5.78 Å². The maximum atomic E-state index is 13.2. The van der Waals surface area contributed by atoms with Crippen LogP contribution in [-0.2, 0) is 0 Å². The topological polar surface area (TPSA) is 17.1 Å². The Labute approximate surface area is 114 Å². The third-order valence-electron chi connectivity index (χ3n) is 2.82. The highest BCUT2D eigenvalue weighted by Gasteiger charge is 2.30. The van der Waals surface area contributed by atoms with Gasteiger partial charge in [0.2, 0.25) is 0 Å². The molecule has 1 unspecified atom stereocenters. The number of ketones is 1. The van der Waals surface area contributed by atoms with E-state index in [0.717, 1.165) is 0 Å². The van der Waals surface area contributed by atoms with Crippen molar-refractivity contribution < 1.29 is 13.6 Å². The third-order valence-corrected chi connectivity index (χ3v) is 3.07. The number of Topliss-reactive ketones (excluding diaryl/α,β-unsaturated/α-hetero) is 1. The highest BCUT2D eigenvalue weighted by atomic mass is 35.5. The lowest BCUT2D eigenvalue weighted by molar-refractivity contribution is 0.0735. The van der Waals surface area contributed by atoms with Crippen LogP contribution in [0.3, 0.4) is 0 Å². The summed E-state index contributed by atoms with van der Waals surface area (Å²) in [6, 6.07) is 14.0. The molecule has 0 spiro atoms. The summed E-state index contributed by atoms with van der Waals surface area (Å²) in [6.45, 7) is 0. The normalized spacial score (nSPS) is 12.4. The maximum Gasteiger partial charge on any atom is 0.252 e. The van der Waals surface area contributed by atoms with Crippen molar-refractivity contribution in [3.05, 3.63) is 70.7 Å². The Hall–Kier alpha value is -1.74. The van der Waals surface area contributed by atoms with E-state index in [-0.39, 0.29) is 5.56 Å². The van der Waals surface area contributed by atoms with Gasteiger partial charge in [0, 0.05) is 10.6 Å². The molecule has 0 radical (unpaired) electrons. The van der Waals surface area contributed by atoms with Crippen molar-refractivity contribution in [1.82, 2.24) is 0 Å². The van der Waals surface area contributed by atoms with E-state index >= 15 is 0 Å². The molecule has 4 heteroatoms. The third kappa shape index (κ3) is 3.18. The molecule has 0 heterocycles. The van der Waals surface area contributed by atoms with Crippen molar-refractivity contribution in [3.8, 4) is 0 Å². The van der Waals surface area contributed by atoms with Crippen LogP contribution in [0, 0.1) is 0 Å². The van der Waals surface area contributed by atoms with Crippen molar-refractivity contribution in [3.63, 3.8) is 0 Å². The average Bonchev–Trinajstić information content (AvgIpc) is 2.40.